The Labute approximate surface area is 134 Å². The summed E-state index contributed by atoms with van der Waals surface area (Å²) in [7, 11) is 0. The van der Waals surface area contributed by atoms with Gasteiger partial charge >= 0.3 is 5.97 Å². The first-order chi connectivity index (χ1) is 11.0. The van der Waals surface area contributed by atoms with Crippen LogP contribution in [0.2, 0.25) is 0 Å². The molecule has 0 saturated carbocycles. The maximum absolute atomic E-state index is 12.1. The molecule has 0 spiro atoms. The molecule has 0 saturated heterocycles. The minimum absolute atomic E-state index is 0.0689. The van der Waals surface area contributed by atoms with Gasteiger partial charge in [-0.05, 0) is 35.7 Å². The van der Waals surface area contributed by atoms with Gasteiger partial charge in [-0.25, -0.2) is 4.79 Å². The molecule has 120 valence electrons. The molecule has 0 unspecified atom stereocenters. The first-order valence-corrected chi connectivity index (χ1v) is 7.34. The fourth-order valence-corrected chi connectivity index (χ4v) is 2.17. The van der Waals surface area contributed by atoms with E-state index in [0.717, 1.165) is 5.56 Å². The minimum atomic E-state index is -1.03. The third kappa shape index (κ3) is 5.47. The molecule has 0 bridgehead atoms. The molecular formula is C18H19NO4. The number of benzene rings is 2. The van der Waals surface area contributed by atoms with Gasteiger partial charge in [-0.15, -0.1) is 0 Å². The lowest BCUT2D eigenvalue weighted by Crippen LogP contribution is -2.14. The van der Waals surface area contributed by atoms with Crippen molar-refractivity contribution in [1.82, 2.24) is 0 Å². The molecule has 23 heavy (non-hydrogen) atoms. The zero-order valence-corrected chi connectivity index (χ0v) is 12.9. The van der Waals surface area contributed by atoms with Crippen LogP contribution in [0.3, 0.4) is 0 Å². The number of carbonyl (C=O) groups excluding carboxylic acids is 1. The molecule has 0 aliphatic rings. The summed E-state index contributed by atoms with van der Waals surface area (Å²) in [5.41, 5.74) is 1.78. The summed E-state index contributed by atoms with van der Waals surface area (Å²) >= 11 is 0. The van der Waals surface area contributed by atoms with Gasteiger partial charge in [0.25, 0.3) is 0 Å². The number of nitrogens with one attached hydrogen (secondary N) is 1. The van der Waals surface area contributed by atoms with Gasteiger partial charge in [0.15, 0.2) is 6.61 Å². The van der Waals surface area contributed by atoms with Gasteiger partial charge in [0, 0.05) is 12.1 Å². The molecule has 0 fully saturated rings. The van der Waals surface area contributed by atoms with E-state index in [1.807, 2.05) is 37.3 Å². The molecule has 2 aromatic carbocycles. The summed E-state index contributed by atoms with van der Waals surface area (Å²) in [6, 6.07) is 16.5. The summed E-state index contributed by atoms with van der Waals surface area (Å²) in [5, 5.41) is 11.4. The number of anilines is 1. The van der Waals surface area contributed by atoms with E-state index in [4.69, 9.17) is 9.84 Å². The summed E-state index contributed by atoms with van der Waals surface area (Å²) in [6.45, 7) is 1.62. The second kappa shape index (κ2) is 7.98. The summed E-state index contributed by atoms with van der Waals surface area (Å²) in [6.07, 6.45) is 0.390. The molecule has 0 aromatic heterocycles. The molecule has 0 aliphatic heterocycles. The summed E-state index contributed by atoms with van der Waals surface area (Å²) < 4.78 is 5.04. The fourth-order valence-electron chi connectivity index (χ4n) is 2.17. The van der Waals surface area contributed by atoms with E-state index >= 15 is 0 Å². The topological polar surface area (TPSA) is 75.6 Å². The molecule has 0 radical (unpaired) electrons. The second-order valence-corrected chi connectivity index (χ2v) is 5.27. The van der Waals surface area contributed by atoms with Crippen LogP contribution in [0.25, 0.3) is 0 Å². The highest BCUT2D eigenvalue weighted by atomic mass is 16.5. The van der Waals surface area contributed by atoms with Gasteiger partial charge in [0.1, 0.15) is 5.75 Å². The van der Waals surface area contributed by atoms with E-state index in [0.29, 0.717) is 17.9 Å². The summed E-state index contributed by atoms with van der Waals surface area (Å²) in [4.78, 5) is 22.5. The number of ether oxygens (including phenoxy) is 1. The minimum Gasteiger partial charge on any atom is -0.482 e. The van der Waals surface area contributed by atoms with Gasteiger partial charge in [-0.3, -0.25) is 4.79 Å². The van der Waals surface area contributed by atoms with E-state index in [1.54, 1.807) is 24.3 Å². The van der Waals surface area contributed by atoms with E-state index in [-0.39, 0.29) is 18.4 Å². The first kappa shape index (κ1) is 16.5. The Morgan fingerprint density at radius 3 is 2.35 bits per heavy atom. The Balaban J connectivity index is 1.86. The molecule has 0 heterocycles. The third-order valence-electron chi connectivity index (χ3n) is 3.36. The predicted molar refractivity (Wildman–Crippen MR) is 87.7 cm³/mol. The zero-order valence-electron chi connectivity index (χ0n) is 12.9. The van der Waals surface area contributed by atoms with Gasteiger partial charge < -0.3 is 15.2 Å². The average molecular weight is 313 g/mol. The summed E-state index contributed by atoms with van der Waals surface area (Å²) in [5.74, 6) is -0.518. The number of hydrogen-bond donors (Lipinski definition) is 2. The Bertz CT molecular complexity index is 652. The monoisotopic (exact) mass is 313 g/mol. The Morgan fingerprint density at radius 1 is 1.09 bits per heavy atom. The van der Waals surface area contributed by atoms with Gasteiger partial charge in [-0.1, -0.05) is 37.3 Å². The highest BCUT2D eigenvalue weighted by molar-refractivity contribution is 5.91. The Hall–Kier alpha value is -2.82. The largest absolute Gasteiger partial charge is 0.482 e. The van der Waals surface area contributed by atoms with Crippen molar-refractivity contribution in [3.8, 4) is 5.75 Å². The normalized spacial score (nSPS) is 11.5. The van der Waals surface area contributed by atoms with Gasteiger partial charge in [0.2, 0.25) is 5.91 Å². The standard InChI is InChI=1S/C18H19NO4/c1-13(14-5-3-2-4-6-14)11-17(20)19-15-7-9-16(10-8-15)23-12-18(21)22/h2-10,13H,11-12H2,1H3,(H,19,20)(H,21,22)/t13-/m0/s1. The molecule has 2 N–H and O–H groups in total. The maximum Gasteiger partial charge on any atom is 0.341 e. The van der Waals surface area contributed by atoms with Crippen LogP contribution in [0.4, 0.5) is 5.69 Å². The second-order valence-electron chi connectivity index (χ2n) is 5.27. The predicted octanol–water partition coefficient (Wildman–Crippen LogP) is 3.28. The molecule has 2 aromatic rings. The van der Waals surface area contributed by atoms with Crippen molar-refractivity contribution in [3.63, 3.8) is 0 Å². The van der Waals surface area contributed by atoms with E-state index < -0.39 is 5.97 Å². The number of carboxylic acid groups (broad SMARTS) is 1. The van der Waals surface area contributed by atoms with E-state index in [9.17, 15) is 9.59 Å². The zero-order chi connectivity index (χ0) is 16.7. The van der Waals surface area contributed by atoms with Crippen LogP contribution in [0, 0.1) is 0 Å². The van der Waals surface area contributed by atoms with Crippen molar-refractivity contribution < 1.29 is 19.4 Å². The van der Waals surface area contributed by atoms with Crippen molar-refractivity contribution in [2.45, 2.75) is 19.3 Å². The van der Waals surface area contributed by atoms with Crippen molar-refractivity contribution in [2.75, 3.05) is 11.9 Å². The average Bonchev–Trinajstić information content (AvgIpc) is 2.55. The highest BCUT2D eigenvalue weighted by Crippen LogP contribution is 2.20. The van der Waals surface area contributed by atoms with Crippen LogP contribution < -0.4 is 10.1 Å². The first-order valence-electron chi connectivity index (χ1n) is 7.34. The Kier molecular flexibility index (Phi) is 5.74. The Morgan fingerprint density at radius 2 is 1.74 bits per heavy atom. The smallest absolute Gasteiger partial charge is 0.341 e. The molecule has 1 atom stereocenters. The lowest BCUT2D eigenvalue weighted by molar-refractivity contribution is -0.139. The van der Waals surface area contributed by atoms with Crippen LogP contribution in [-0.2, 0) is 9.59 Å². The highest BCUT2D eigenvalue weighted by Gasteiger charge is 2.11. The lowest BCUT2D eigenvalue weighted by atomic mass is 9.97. The fraction of sp³-hybridized carbons (Fsp3) is 0.222. The molecule has 0 aliphatic carbocycles. The van der Waals surface area contributed by atoms with E-state index in [1.165, 1.54) is 0 Å². The van der Waals surface area contributed by atoms with Crippen molar-refractivity contribution in [1.29, 1.82) is 0 Å². The van der Waals surface area contributed by atoms with Crippen molar-refractivity contribution in [2.24, 2.45) is 0 Å². The van der Waals surface area contributed by atoms with Crippen LogP contribution in [0.1, 0.15) is 24.8 Å². The third-order valence-corrected chi connectivity index (χ3v) is 3.36. The quantitative estimate of drug-likeness (QED) is 0.822. The van der Waals surface area contributed by atoms with E-state index in [2.05, 4.69) is 5.32 Å². The maximum atomic E-state index is 12.1. The molecule has 5 nitrogen and oxygen atoms in total. The van der Waals surface area contributed by atoms with Crippen LogP contribution >= 0.6 is 0 Å². The molecule has 5 heteroatoms. The number of rotatable bonds is 7. The van der Waals surface area contributed by atoms with Crippen molar-refractivity contribution >= 4 is 17.6 Å². The van der Waals surface area contributed by atoms with Gasteiger partial charge in [-0.2, -0.15) is 0 Å². The molecular weight excluding hydrogens is 294 g/mol. The number of carboxylic acids is 1. The van der Waals surface area contributed by atoms with Gasteiger partial charge in [0.05, 0.1) is 0 Å². The van der Waals surface area contributed by atoms with Crippen molar-refractivity contribution in [3.05, 3.63) is 60.2 Å². The van der Waals surface area contributed by atoms with Crippen LogP contribution in [0.5, 0.6) is 5.75 Å². The SMILES string of the molecule is C[C@@H](CC(=O)Nc1ccc(OCC(=O)O)cc1)c1ccccc1. The molecule has 1 amide bonds. The molecule has 2 rings (SSSR count). The lowest BCUT2D eigenvalue weighted by Gasteiger charge is -2.12. The number of aliphatic carboxylic acids is 1. The van der Waals surface area contributed by atoms with Crippen LogP contribution in [0.15, 0.2) is 54.6 Å². The van der Waals surface area contributed by atoms with Crippen LogP contribution in [-0.4, -0.2) is 23.6 Å². The number of amides is 1. The number of carbonyl (C=O) groups is 2. The number of hydrogen-bond acceptors (Lipinski definition) is 3.